The lowest BCUT2D eigenvalue weighted by Gasteiger charge is -2.29. The van der Waals surface area contributed by atoms with Crippen LogP contribution in [0.1, 0.15) is 22.6 Å². The van der Waals surface area contributed by atoms with E-state index >= 15 is 0 Å². The Kier molecular flexibility index (Phi) is 8.57. The Morgan fingerprint density at radius 3 is 2.02 bits per heavy atom. The van der Waals surface area contributed by atoms with Gasteiger partial charge in [-0.2, -0.15) is 0 Å². The molecule has 1 aliphatic heterocycles. The molecule has 0 radical (unpaired) electrons. The van der Waals surface area contributed by atoms with E-state index < -0.39 is 0 Å². The predicted octanol–water partition coefficient (Wildman–Crippen LogP) is 12.8. The number of rotatable bonds is 7. The molecule has 7 aromatic carbocycles. The van der Waals surface area contributed by atoms with Gasteiger partial charge in [0.25, 0.3) is 0 Å². The number of hydrogen-bond acceptors (Lipinski definition) is 2. The number of hydrogen-bond donors (Lipinski definition) is 1. The van der Waals surface area contributed by atoms with Gasteiger partial charge in [0.15, 0.2) is 0 Å². The highest BCUT2D eigenvalue weighted by Gasteiger charge is 2.38. The molecule has 57 heavy (non-hydrogen) atoms. The topological polar surface area (TPSA) is 46.5 Å². The molecule has 2 unspecified atom stereocenters. The number of para-hydroxylation sites is 3. The molecule has 4 heteroatoms. The Labute approximate surface area is 333 Å². The summed E-state index contributed by atoms with van der Waals surface area (Å²) in [6.07, 6.45) is 10.7. The Balaban J connectivity index is 0.972. The standard InChI is InChI=1S/C53H40N4/c1-2-36(37-25-27-39(28-26-37)44-20-10-9-19-43(44)38-15-5-3-6-16-38)35-55-53(54)57-50-24-14-12-22-46(50)48-34-41(30-32-52(48)57)40-29-31-51-47(33-40)45-21-11-13-23-49(45)56(51)42-17-7-4-8-18-42/h2-35,47,51H,1H2,(H2,54,55)/b36-35+. The number of nitrogens with zero attached hydrogens (tertiary/aromatic N) is 3. The first kappa shape index (κ1) is 34.1. The first-order valence-corrected chi connectivity index (χ1v) is 19.4. The summed E-state index contributed by atoms with van der Waals surface area (Å²) >= 11 is 0. The maximum Gasteiger partial charge on any atom is 0.205 e. The lowest BCUT2D eigenvalue weighted by molar-refractivity contribution is 0.747. The fourth-order valence-corrected chi connectivity index (χ4v) is 8.72. The third kappa shape index (κ3) is 5.99. The van der Waals surface area contributed by atoms with E-state index in [0.717, 1.165) is 38.5 Å². The van der Waals surface area contributed by atoms with E-state index in [1.807, 2.05) is 18.3 Å². The van der Waals surface area contributed by atoms with Crippen LogP contribution in [0.5, 0.6) is 0 Å². The van der Waals surface area contributed by atoms with Gasteiger partial charge in [-0.25, -0.2) is 4.99 Å². The average molecular weight is 733 g/mol. The summed E-state index contributed by atoms with van der Waals surface area (Å²) in [6, 6.07) is 62.4. The minimum atomic E-state index is 0.220. The lowest BCUT2D eigenvalue weighted by Crippen LogP contribution is -2.28. The molecule has 2 heterocycles. The van der Waals surface area contributed by atoms with E-state index in [4.69, 9.17) is 10.7 Å². The largest absolute Gasteiger partial charge is 0.369 e. The molecular formula is C53H40N4. The molecule has 272 valence electrons. The van der Waals surface area contributed by atoms with Gasteiger partial charge in [-0.15, -0.1) is 0 Å². The van der Waals surface area contributed by atoms with Gasteiger partial charge in [-0.05, 0) is 86.5 Å². The van der Waals surface area contributed by atoms with Crippen LogP contribution in [-0.2, 0) is 0 Å². The molecule has 0 spiro atoms. The molecular weight excluding hydrogens is 693 g/mol. The van der Waals surface area contributed by atoms with Gasteiger partial charge >= 0.3 is 0 Å². The van der Waals surface area contributed by atoms with Crippen LogP contribution in [-0.4, -0.2) is 16.6 Å². The number of benzene rings is 7. The van der Waals surface area contributed by atoms with Crippen LogP contribution >= 0.6 is 0 Å². The second kappa shape index (κ2) is 14.3. The molecule has 10 rings (SSSR count). The van der Waals surface area contributed by atoms with E-state index in [2.05, 4.69) is 204 Å². The molecule has 0 amide bonds. The molecule has 0 fully saturated rings. The monoisotopic (exact) mass is 732 g/mol. The highest BCUT2D eigenvalue weighted by molar-refractivity contribution is 6.14. The molecule has 0 saturated carbocycles. The van der Waals surface area contributed by atoms with Crippen LogP contribution in [0.4, 0.5) is 11.4 Å². The van der Waals surface area contributed by atoms with Crippen LogP contribution < -0.4 is 10.6 Å². The van der Waals surface area contributed by atoms with Crippen LogP contribution in [0.25, 0.3) is 55.2 Å². The van der Waals surface area contributed by atoms with Gasteiger partial charge in [0.2, 0.25) is 5.96 Å². The van der Waals surface area contributed by atoms with Crippen molar-refractivity contribution >= 4 is 50.3 Å². The first-order chi connectivity index (χ1) is 28.2. The van der Waals surface area contributed by atoms with Crippen molar-refractivity contribution < 1.29 is 0 Å². The normalized spacial score (nSPS) is 16.4. The smallest absolute Gasteiger partial charge is 0.205 e. The van der Waals surface area contributed by atoms with Crippen molar-refractivity contribution in [1.82, 2.24) is 4.57 Å². The van der Waals surface area contributed by atoms with Crippen molar-refractivity contribution in [3.63, 3.8) is 0 Å². The third-order valence-corrected chi connectivity index (χ3v) is 11.4. The van der Waals surface area contributed by atoms with Gasteiger partial charge in [0.1, 0.15) is 0 Å². The zero-order valence-electron chi connectivity index (χ0n) is 31.4. The summed E-state index contributed by atoms with van der Waals surface area (Å²) < 4.78 is 2.06. The highest BCUT2D eigenvalue weighted by atomic mass is 15.2. The number of aromatic nitrogens is 1. The van der Waals surface area contributed by atoms with Crippen molar-refractivity contribution in [2.24, 2.45) is 10.7 Å². The zero-order valence-corrected chi connectivity index (χ0v) is 31.4. The molecule has 8 aromatic rings. The number of aliphatic imine (C=N–C) groups is 1. The van der Waals surface area contributed by atoms with E-state index in [1.54, 1.807) is 0 Å². The second-order valence-corrected chi connectivity index (χ2v) is 14.6. The van der Waals surface area contributed by atoms with Gasteiger partial charge in [-0.1, -0.05) is 170 Å². The van der Waals surface area contributed by atoms with E-state index in [-0.39, 0.29) is 12.0 Å². The summed E-state index contributed by atoms with van der Waals surface area (Å²) in [4.78, 5) is 7.32. The average Bonchev–Trinajstić information content (AvgIpc) is 3.79. The fourth-order valence-electron chi connectivity index (χ4n) is 8.72. The maximum atomic E-state index is 6.88. The molecule has 1 aliphatic carbocycles. The van der Waals surface area contributed by atoms with Crippen molar-refractivity contribution in [2.45, 2.75) is 12.0 Å². The SMILES string of the molecule is C=C/C(=C\N=C(N)n1c2ccccc2c2cc(C3=CC4c5ccccc5N(c5ccccc5)C4C=C3)ccc21)c1ccc(-c2ccccc2-c2ccccc2)cc1. The van der Waals surface area contributed by atoms with Gasteiger partial charge in [-0.3, -0.25) is 4.57 Å². The summed E-state index contributed by atoms with van der Waals surface area (Å²) in [5, 5.41) is 2.27. The quantitative estimate of drug-likeness (QED) is 0.101. The number of anilines is 2. The van der Waals surface area contributed by atoms with E-state index in [9.17, 15) is 0 Å². The highest BCUT2D eigenvalue weighted by Crippen LogP contribution is 2.49. The summed E-state index contributed by atoms with van der Waals surface area (Å²) in [6.45, 7) is 4.12. The summed E-state index contributed by atoms with van der Waals surface area (Å²) in [7, 11) is 0. The van der Waals surface area contributed by atoms with Gasteiger partial charge < -0.3 is 10.6 Å². The molecule has 4 nitrogen and oxygen atoms in total. The Hall–Kier alpha value is -7.43. The van der Waals surface area contributed by atoms with E-state index in [1.165, 1.54) is 44.8 Å². The molecule has 0 saturated heterocycles. The minimum absolute atomic E-state index is 0.220. The van der Waals surface area contributed by atoms with Crippen LogP contribution in [0, 0.1) is 0 Å². The van der Waals surface area contributed by atoms with Crippen molar-refractivity contribution in [3.05, 3.63) is 230 Å². The van der Waals surface area contributed by atoms with Gasteiger partial charge in [0.05, 0.1) is 17.1 Å². The van der Waals surface area contributed by atoms with Crippen molar-refractivity contribution in [2.75, 3.05) is 4.90 Å². The molecule has 2 N–H and O–H groups in total. The van der Waals surface area contributed by atoms with E-state index in [0.29, 0.717) is 5.96 Å². The number of allylic oxidation sites excluding steroid dienone is 4. The summed E-state index contributed by atoms with van der Waals surface area (Å²) in [5.41, 5.74) is 21.8. The van der Waals surface area contributed by atoms with Crippen molar-refractivity contribution in [3.8, 4) is 22.3 Å². The first-order valence-electron chi connectivity index (χ1n) is 19.4. The maximum absolute atomic E-state index is 6.88. The predicted molar refractivity (Wildman–Crippen MR) is 241 cm³/mol. The van der Waals surface area contributed by atoms with Crippen molar-refractivity contribution in [1.29, 1.82) is 0 Å². The summed E-state index contributed by atoms with van der Waals surface area (Å²) in [5.74, 6) is 0.637. The van der Waals surface area contributed by atoms with Gasteiger partial charge in [0, 0.05) is 34.3 Å². The lowest BCUT2D eigenvalue weighted by atomic mass is 9.86. The molecule has 2 atom stereocenters. The minimum Gasteiger partial charge on any atom is -0.369 e. The van der Waals surface area contributed by atoms with Crippen LogP contribution in [0.2, 0.25) is 0 Å². The van der Waals surface area contributed by atoms with Crippen LogP contribution in [0.15, 0.2) is 218 Å². The molecule has 2 aliphatic rings. The Bertz CT molecular complexity index is 2930. The van der Waals surface area contributed by atoms with Crippen LogP contribution in [0.3, 0.4) is 0 Å². The Morgan fingerprint density at radius 1 is 0.614 bits per heavy atom. The molecule has 1 aromatic heterocycles. The second-order valence-electron chi connectivity index (χ2n) is 14.6. The zero-order chi connectivity index (χ0) is 38.3. The number of nitrogens with two attached hydrogens (primary N) is 1. The third-order valence-electron chi connectivity index (χ3n) is 11.4. The molecule has 0 bridgehead atoms. The Morgan fingerprint density at radius 2 is 1.25 bits per heavy atom. The fraction of sp³-hybridized carbons (Fsp3) is 0.0377. The number of fused-ring (bicyclic) bond motifs is 6.